The van der Waals surface area contributed by atoms with Gasteiger partial charge in [0.05, 0.1) is 36.3 Å². The van der Waals surface area contributed by atoms with Crippen molar-refractivity contribution >= 4 is 23.2 Å². The number of aromatic nitrogens is 1. The summed E-state index contributed by atoms with van der Waals surface area (Å²) < 4.78 is 28.8. The molecule has 37 heavy (non-hydrogen) atoms. The summed E-state index contributed by atoms with van der Waals surface area (Å²) in [5.74, 6) is -1.71. The minimum Gasteiger partial charge on any atom is -0.367 e. The molecular weight excluding hydrogens is 484 g/mol. The first kappa shape index (κ1) is 26.2. The largest absolute Gasteiger partial charge is 0.367 e. The minimum absolute atomic E-state index is 0.0701. The number of amides is 2. The predicted octanol–water partition coefficient (Wildman–Crippen LogP) is -0.425. The van der Waals surface area contributed by atoms with Gasteiger partial charge in [-0.15, -0.1) is 0 Å². The van der Waals surface area contributed by atoms with Gasteiger partial charge in [-0.05, 0) is 45.8 Å². The molecule has 4 fully saturated rings. The Bertz CT molecular complexity index is 985. The second-order valence-corrected chi connectivity index (χ2v) is 10.6. The molecule has 4 aliphatic heterocycles. The molecule has 1 aromatic rings. The quantitative estimate of drug-likeness (QED) is 0.351. The van der Waals surface area contributed by atoms with Gasteiger partial charge in [0.25, 0.3) is 0 Å². The highest BCUT2D eigenvalue weighted by atomic mass is 19.1. The van der Waals surface area contributed by atoms with Crippen LogP contribution < -0.4 is 32.0 Å². The molecule has 0 aliphatic carbocycles. The lowest BCUT2D eigenvalue weighted by atomic mass is 9.94. The number of hydrazine groups is 1. The van der Waals surface area contributed by atoms with Gasteiger partial charge < -0.3 is 26.2 Å². The molecule has 2 amide bonds. The topological polar surface area (TPSA) is 131 Å². The van der Waals surface area contributed by atoms with E-state index in [1.165, 1.54) is 6.20 Å². The van der Waals surface area contributed by atoms with E-state index in [1.807, 2.05) is 4.90 Å². The Balaban J connectivity index is 1.21. The van der Waals surface area contributed by atoms with Crippen molar-refractivity contribution in [3.63, 3.8) is 0 Å². The molecule has 5 heterocycles. The maximum absolute atomic E-state index is 15.0. The van der Waals surface area contributed by atoms with Crippen molar-refractivity contribution in [3.8, 4) is 0 Å². The molecule has 5 rings (SSSR count). The van der Waals surface area contributed by atoms with Gasteiger partial charge >= 0.3 is 0 Å². The highest BCUT2D eigenvalue weighted by molar-refractivity contribution is 5.96. The highest BCUT2D eigenvalue weighted by Gasteiger charge is 2.47. The number of carbonyl (C=O) groups is 2. The number of fused-ring (bicyclic) bond motifs is 1. The number of halogens is 2. The molecule has 4 atom stereocenters. The Morgan fingerprint density at radius 3 is 2.57 bits per heavy atom. The van der Waals surface area contributed by atoms with E-state index < -0.39 is 36.1 Å². The van der Waals surface area contributed by atoms with Crippen LogP contribution in [0, 0.1) is 17.7 Å². The molecule has 0 aromatic carbocycles. The molecule has 0 saturated carbocycles. The first-order valence-corrected chi connectivity index (χ1v) is 13.1. The van der Waals surface area contributed by atoms with Crippen molar-refractivity contribution in [2.45, 2.75) is 50.2 Å². The fourth-order valence-corrected chi connectivity index (χ4v) is 5.87. The minimum atomic E-state index is -1.06. The van der Waals surface area contributed by atoms with Crippen LogP contribution in [-0.4, -0.2) is 97.6 Å². The van der Waals surface area contributed by atoms with Crippen molar-refractivity contribution < 1.29 is 18.4 Å². The maximum Gasteiger partial charge on any atom is 0.233 e. The standard InChI is InChI=1S/C24H37F2N9O2/c1-33-6-4-16(5-7-33)30-23(36)14-2-8-34(9-3-14)20-17(26)11-28-12-18(20)31-24(37)19-21(27)32-35-13-15(25)10-29-22(19)35/h11-12,14-16,19,21-22,29,32H,2-10,13,27H2,1H3,(H,30,36)(H,31,37). The number of hydrogen-bond acceptors (Lipinski definition) is 9. The molecule has 0 radical (unpaired) electrons. The summed E-state index contributed by atoms with van der Waals surface area (Å²) in [6.45, 7) is 3.18. The lowest BCUT2D eigenvalue weighted by Gasteiger charge is -2.36. The number of anilines is 2. The summed E-state index contributed by atoms with van der Waals surface area (Å²) in [6.07, 6.45) is 3.39. The summed E-state index contributed by atoms with van der Waals surface area (Å²) in [5, 5.41) is 10.6. The average Bonchev–Trinajstić information content (AvgIpc) is 3.20. The van der Waals surface area contributed by atoms with Crippen LogP contribution in [0.3, 0.4) is 0 Å². The Hall–Kier alpha value is -2.45. The van der Waals surface area contributed by atoms with Crippen LogP contribution in [0.4, 0.5) is 20.2 Å². The average molecular weight is 522 g/mol. The molecule has 4 saturated heterocycles. The zero-order valence-corrected chi connectivity index (χ0v) is 21.1. The zero-order valence-electron chi connectivity index (χ0n) is 21.1. The molecular formula is C24H37F2N9O2. The Labute approximate surface area is 215 Å². The van der Waals surface area contributed by atoms with Gasteiger partial charge in [0, 0.05) is 38.1 Å². The van der Waals surface area contributed by atoms with E-state index in [2.05, 4.69) is 38.3 Å². The number of hydrogen-bond donors (Lipinski definition) is 5. The number of alkyl halides is 1. The SMILES string of the molecule is CN1CCC(NC(=O)C2CCN(c3c(F)cncc3NC(=O)C3C(N)NN4CC(F)CNC34)CC2)CC1. The second kappa shape index (κ2) is 11.1. The predicted molar refractivity (Wildman–Crippen MR) is 134 cm³/mol. The summed E-state index contributed by atoms with van der Waals surface area (Å²) in [4.78, 5) is 34.1. The third kappa shape index (κ3) is 5.70. The van der Waals surface area contributed by atoms with Crippen LogP contribution in [0.2, 0.25) is 0 Å². The van der Waals surface area contributed by atoms with Crippen molar-refractivity contribution in [1.82, 2.24) is 31.0 Å². The number of nitrogens with zero attached hydrogens (tertiary/aromatic N) is 4. The van der Waals surface area contributed by atoms with Gasteiger partial charge in [-0.3, -0.25) is 19.9 Å². The molecule has 0 bridgehead atoms. The molecule has 0 spiro atoms. The first-order valence-electron chi connectivity index (χ1n) is 13.1. The van der Waals surface area contributed by atoms with Crippen LogP contribution in [0.15, 0.2) is 12.4 Å². The van der Waals surface area contributed by atoms with Gasteiger partial charge in [0.1, 0.15) is 11.9 Å². The molecule has 6 N–H and O–H groups in total. The molecule has 4 unspecified atom stereocenters. The van der Waals surface area contributed by atoms with Gasteiger partial charge in [-0.2, -0.15) is 0 Å². The van der Waals surface area contributed by atoms with Crippen LogP contribution in [0.1, 0.15) is 25.7 Å². The van der Waals surface area contributed by atoms with Crippen molar-refractivity contribution in [1.29, 1.82) is 0 Å². The summed E-state index contributed by atoms with van der Waals surface area (Å²) in [7, 11) is 2.09. The van der Waals surface area contributed by atoms with E-state index >= 15 is 4.39 Å². The second-order valence-electron chi connectivity index (χ2n) is 10.6. The van der Waals surface area contributed by atoms with Gasteiger partial charge in [0.2, 0.25) is 11.8 Å². The summed E-state index contributed by atoms with van der Waals surface area (Å²) in [5.41, 5.74) is 9.61. The molecule has 204 valence electrons. The molecule has 13 heteroatoms. The smallest absolute Gasteiger partial charge is 0.233 e. The summed E-state index contributed by atoms with van der Waals surface area (Å²) in [6, 6.07) is 0.211. The molecule has 4 aliphatic rings. The fraction of sp³-hybridized carbons (Fsp3) is 0.708. The van der Waals surface area contributed by atoms with E-state index in [-0.39, 0.29) is 42.3 Å². The van der Waals surface area contributed by atoms with Crippen LogP contribution in [0.25, 0.3) is 0 Å². The normalized spacial score (nSPS) is 30.2. The van der Waals surface area contributed by atoms with Crippen LogP contribution in [-0.2, 0) is 9.59 Å². The lowest BCUT2D eigenvalue weighted by molar-refractivity contribution is -0.126. The summed E-state index contributed by atoms with van der Waals surface area (Å²) >= 11 is 0. The van der Waals surface area contributed by atoms with Gasteiger partial charge in [-0.25, -0.2) is 19.2 Å². The number of rotatable bonds is 5. The van der Waals surface area contributed by atoms with Gasteiger partial charge in [0.15, 0.2) is 5.82 Å². The number of nitrogens with two attached hydrogens (primary N) is 1. The third-order valence-electron chi connectivity index (χ3n) is 8.00. The Morgan fingerprint density at radius 2 is 1.84 bits per heavy atom. The zero-order chi connectivity index (χ0) is 26.1. The van der Waals surface area contributed by atoms with Crippen LogP contribution >= 0.6 is 0 Å². The third-order valence-corrected chi connectivity index (χ3v) is 8.00. The van der Waals surface area contributed by atoms with E-state index in [0.717, 1.165) is 32.1 Å². The van der Waals surface area contributed by atoms with Crippen molar-refractivity contribution in [2.75, 3.05) is 56.5 Å². The highest BCUT2D eigenvalue weighted by Crippen LogP contribution is 2.33. The number of piperidine rings is 2. The van der Waals surface area contributed by atoms with Crippen LogP contribution in [0.5, 0.6) is 0 Å². The number of carbonyl (C=O) groups excluding carboxylic acids is 2. The number of pyridine rings is 1. The van der Waals surface area contributed by atoms with E-state index in [9.17, 15) is 14.0 Å². The van der Waals surface area contributed by atoms with E-state index in [1.54, 1.807) is 5.01 Å². The number of nitrogens with one attached hydrogen (secondary N) is 4. The number of likely N-dealkylation sites (tertiary alicyclic amines) is 1. The Morgan fingerprint density at radius 1 is 1.11 bits per heavy atom. The fourth-order valence-electron chi connectivity index (χ4n) is 5.87. The molecule has 1 aromatic heterocycles. The first-order chi connectivity index (χ1) is 17.8. The lowest BCUT2D eigenvalue weighted by Crippen LogP contribution is -2.58. The monoisotopic (exact) mass is 521 g/mol. The van der Waals surface area contributed by atoms with Crippen molar-refractivity contribution in [2.24, 2.45) is 17.6 Å². The van der Waals surface area contributed by atoms with Crippen molar-refractivity contribution in [3.05, 3.63) is 18.2 Å². The Kier molecular flexibility index (Phi) is 7.86. The van der Waals surface area contributed by atoms with E-state index in [0.29, 0.717) is 25.9 Å². The molecule has 11 nitrogen and oxygen atoms in total. The maximum atomic E-state index is 15.0. The van der Waals surface area contributed by atoms with E-state index in [4.69, 9.17) is 5.73 Å². The van der Waals surface area contributed by atoms with Gasteiger partial charge in [-0.1, -0.05) is 0 Å².